The van der Waals surface area contributed by atoms with Gasteiger partial charge in [0.05, 0.1) is 22.8 Å². The van der Waals surface area contributed by atoms with Crippen LogP contribution in [0.4, 0.5) is 17.2 Å². The summed E-state index contributed by atoms with van der Waals surface area (Å²) in [6, 6.07) is 5.92. The number of hydrogen-bond acceptors (Lipinski definition) is 6. The number of sulfone groups is 1. The molecule has 3 heterocycles. The standard InChI is InChI=1S/C17H18BrN3O3S/c1-11-8-12(18)9-14-16(11)24-10-13-15(2-3-19-17(13)20-14)21-4-6-25(22,23)7-5-21/h2-3,8-9H,4-7,10H2,1H3,(H,19,20). The van der Waals surface area contributed by atoms with Crippen LogP contribution in [0.3, 0.4) is 0 Å². The van der Waals surface area contributed by atoms with E-state index in [2.05, 4.69) is 31.1 Å². The van der Waals surface area contributed by atoms with E-state index < -0.39 is 9.84 Å². The molecule has 2 aliphatic rings. The molecule has 4 rings (SSSR count). The molecule has 0 radical (unpaired) electrons. The molecule has 1 saturated heterocycles. The average molecular weight is 424 g/mol. The number of pyridine rings is 1. The second-order valence-electron chi connectivity index (χ2n) is 6.31. The average Bonchev–Trinajstić information content (AvgIpc) is 2.73. The van der Waals surface area contributed by atoms with Crippen molar-refractivity contribution in [1.29, 1.82) is 0 Å². The van der Waals surface area contributed by atoms with Crippen LogP contribution in [0.25, 0.3) is 0 Å². The van der Waals surface area contributed by atoms with Crippen molar-refractivity contribution in [3.05, 3.63) is 40.0 Å². The Morgan fingerprint density at radius 1 is 1.28 bits per heavy atom. The zero-order chi connectivity index (χ0) is 17.6. The third kappa shape index (κ3) is 3.20. The van der Waals surface area contributed by atoms with Gasteiger partial charge in [-0.1, -0.05) is 15.9 Å². The predicted octanol–water partition coefficient (Wildman–Crippen LogP) is 3.02. The van der Waals surface area contributed by atoms with Crippen LogP contribution in [0.5, 0.6) is 5.75 Å². The number of fused-ring (bicyclic) bond motifs is 2. The van der Waals surface area contributed by atoms with E-state index in [4.69, 9.17) is 4.74 Å². The van der Waals surface area contributed by atoms with Crippen LogP contribution in [0, 0.1) is 6.92 Å². The molecule has 6 nitrogen and oxygen atoms in total. The Labute approximate surface area is 155 Å². The molecule has 0 atom stereocenters. The second-order valence-corrected chi connectivity index (χ2v) is 9.53. The smallest absolute Gasteiger partial charge is 0.153 e. The van der Waals surface area contributed by atoms with E-state index in [1.807, 2.05) is 25.1 Å². The minimum Gasteiger partial charge on any atom is -0.486 e. The summed E-state index contributed by atoms with van der Waals surface area (Å²) in [4.78, 5) is 6.57. The summed E-state index contributed by atoms with van der Waals surface area (Å²) in [6.45, 7) is 3.39. The van der Waals surface area contributed by atoms with E-state index in [0.29, 0.717) is 19.7 Å². The number of nitrogens with one attached hydrogen (secondary N) is 1. The number of aromatic nitrogens is 1. The van der Waals surface area contributed by atoms with Crippen molar-refractivity contribution in [3.8, 4) is 5.75 Å². The van der Waals surface area contributed by atoms with Gasteiger partial charge in [0, 0.05) is 29.4 Å². The van der Waals surface area contributed by atoms with Crippen LogP contribution in [0.1, 0.15) is 11.1 Å². The lowest BCUT2D eigenvalue weighted by atomic mass is 10.2. The molecule has 0 bridgehead atoms. The third-order valence-electron chi connectivity index (χ3n) is 4.57. The summed E-state index contributed by atoms with van der Waals surface area (Å²) in [7, 11) is -2.92. The van der Waals surface area contributed by atoms with Gasteiger partial charge < -0.3 is 15.0 Å². The number of benzene rings is 1. The van der Waals surface area contributed by atoms with Crippen LogP contribution in [0.2, 0.25) is 0 Å². The minimum atomic E-state index is -2.92. The maximum Gasteiger partial charge on any atom is 0.153 e. The minimum absolute atomic E-state index is 0.185. The molecular weight excluding hydrogens is 406 g/mol. The summed E-state index contributed by atoms with van der Waals surface area (Å²) in [5.41, 5.74) is 3.84. The van der Waals surface area contributed by atoms with Crippen molar-refractivity contribution in [1.82, 2.24) is 4.98 Å². The zero-order valence-corrected chi connectivity index (χ0v) is 16.2. The number of aryl methyl sites for hydroxylation is 1. The monoisotopic (exact) mass is 423 g/mol. The van der Waals surface area contributed by atoms with Gasteiger partial charge in [0.15, 0.2) is 9.84 Å². The normalized spacial score (nSPS) is 18.4. The zero-order valence-electron chi connectivity index (χ0n) is 13.8. The van der Waals surface area contributed by atoms with Crippen LogP contribution in [0.15, 0.2) is 28.9 Å². The first-order valence-corrected chi connectivity index (χ1v) is 10.7. The maximum atomic E-state index is 11.7. The van der Waals surface area contributed by atoms with Gasteiger partial charge in [-0.2, -0.15) is 0 Å². The Morgan fingerprint density at radius 3 is 2.80 bits per heavy atom. The molecule has 8 heteroatoms. The number of rotatable bonds is 1. The lowest BCUT2D eigenvalue weighted by Gasteiger charge is -2.30. The Kier molecular flexibility index (Phi) is 4.11. The Balaban J connectivity index is 1.71. The fraction of sp³-hybridized carbons (Fsp3) is 0.353. The van der Waals surface area contributed by atoms with Crippen molar-refractivity contribution in [2.24, 2.45) is 0 Å². The summed E-state index contributed by atoms with van der Waals surface area (Å²) in [5, 5.41) is 3.37. The molecule has 1 fully saturated rings. The van der Waals surface area contributed by atoms with Gasteiger partial charge in [0.1, 0.15) is 18.2 Å². The van der Waals surface area contributed by atoms with Crippen LogP contribution in [-0.2, 0) is 16.4 Å². The van der Waals surface area contributed by atoms with E-state index in [1.165, 1.54) is 0 Å². The number of nitrogens with zero attached hydrogens (tertiary/aromatic N) is 2. The van der Waals surface area contributed by atoms with Crippen molar-refractivity contribution in [2.75, 3.05) is 34.8 Å². The van der Waals surface area contributed by atoms with Gasteiger partial charge >= 0.3 is 0 Å². The Hall–Kier alpha value is -1.80. The summed E-state index contributed by atoms with van der Waals surface area (Å²) >= 11 is 3.51. The van der Waals surface area contributed by atoms with Gasteiger partial charge in [-0.25, -0.2) is 13.4 Å². The summed E-state index contributed by atoms with van der Waals surface area (Å²) in [5.74, 6) is 1.94. The number of ether oxygens (including phenoxy) is 1. The molecule has 2 aromatic rings. The fourth-order valence-corrected chi connectivity index (χ4v) is 5.04. The highest BCUT2D eigenvalue weighted by atomic mass is 79.9. The summed E-state index contributed by atoms with van der Waals surface area (Å²) in [6.07, 6.45) is 1.75. The first-order valence-electron chi connectivity index (χ1n) is 8.06. The lowest BCUT2D eigenvalue weighted by Crippen LogP contribution is -2.40. The molecule has 1 N–H and O–H groups in total. The molecule has 0 spiro atoms. The first kappa shape index (κ1) is 16.7. The Morgan fingerprint density at radius 2 is 2.04 bits per heavy atom. The van der Waals surface area contributed by atoms with Crippen molar-refractivity contribution < 1.29 is 13.2 Å². The number of halogens is 1. The molecule has 25 heavy (non-hydrogen) atoms. The quantitative estimate of drug-likeness (QED) is 0.759. The number of anilines is 3. The SMILES string of the molecule is Cc1cc(Br)cc2c1OCc1c(N3CCS(=O)(=O)CC3)ccnc1N2. The molecule has 2 aliphatic heterocycles. The van der Waals surface area contributed by atoms with Crippen LogP contribution in [-0.4, -0.2) is 38.0 Å². The highest BCUT2D eigenvalue weighted by molar-refractivity contribution is 9.10. The molecule has 0 saturated carbocycles. The summed E-state index contributed by atoms with van der Waals surface area (Å²) < 4.78 is 30.5. The van der Waals surface area contributed by atoms with Crippen LogP contribution >= 0.6 is 15.9 Å². The van der Waals surface area contributed by atoms with E-state index in [-0.39, 0.29) is 11.5 Å². The van der Waals surface area contributed by atoms with Gasteiger partial charge in [-0.05, 0) is 30.7 Å². The Bertz CT molecular complexity index is 932. The first-order chi connectivity index (χ1) is 11.9. The largest absolute Gasteiger partial charge is 0.486 e. The molecule has 132 valence electrons. The van der Waals surface area contributed by atoms with Crippen LogP contribution < -0.4 is 15.0 Å². The molecular formula is C17H18BrN3O3S. The van der Waals surface area contributed by atoms with Gasteiger partial charge in [-0.15, -0.1) is 0 Å². The van der Waals surface area contributed by atoms with Crippen molar-refractivity contribution >= 4 is 43.0 Å². The highest BCUT2D eigenvalue weighted by Gasteiger charge is 2.26. The van der Waals surface area contributed by atoms with Gasteiger partial charge in [0.2, 0.25) is 0 Å². The van der Waals surface area contributed by atoms with Gasteiger partial charge in [0.25, 0.3) is 0 Å². The highest BCUT2D eigenvalue weighted by Crippen LogP contribution is 2.40. The lowest BCUT2D eigenvalue weighted by molar-refractivity contribution is 0.308. The number of hydrogen-bond donors (Lipinski definition) is 1. The predicted molar refractivity (Wildman–Crippen MR) is 102 cm³/mol. The van der Waals surface area contributed by atoms with E-state index in [9.17, 15) is 8.42 Å². The molecule has 0 unspecified atom stereocenters. The molecule has 0 amide bonds. The second kappa shape index (κ2) is 6.17. The molecule has 0 aliphatic carbocycles. The van der Waals surface area contributed by atoms with Crippen molar-refractivity contribution in [3.63, 3.8) is 0 Å². The van der Waals surface area contributed by atoms with E-state index >= 15 is 0 Å². The molecule has 1 aromatic heterocycles. The maximum absolute atomic E-state index is 11.7. The van der Waals surface area contributed by atoms with Gasteiger partial charge in [-0.3, -0.25) is 0 Å². The fourth-order valence-electron chi connectivity index (χ4n) is 3.27. The van der Waals surface area contributed by atoms with E-state index in [1.54, 1.807) is 6.20 Å². The molecule has 1 aromatic carbocycles. The van der Waals surface area contributed by atoms with Crippen molar-refractivity contribution in [2.45, 2.75) is 13.5 Å². The third-order valence-corrected chi connectivity index (χ3v) is 6.64. The topological polar surface area (TPSA) is 71.5 Å². The van der Waals surface area contributed by atoms with E-state index in [0.717, 1.165) is 38.5 Å².